The van der Waals surface area contributed by atoms with Gasteiger partial charge in [-0.3, -0.25) is 14.7 Å². The van der Waals surface area contributed by atoms with Crippen LogP contribution in [-0.2, 0) is 19.6 Å². The van der Waals surface area contributed by atoms with Crippen LogP contribution in [0.5, 0.6) is 5.75 Å². The average Bonchev–Trinajstić information content (AvgIpc) is 2.90. The zero-order valence-corrected chi connectivity index (χ0v) is 19.6. The molecule has 0 saturated heterocycles. The van der Waals surface area contributed by atoms with Gasteiger partial charge in [0.05, 0.1) is 5.71 Å². The summed E-state index contributed by atoms with van der Waals surface area (Å²) in [5, 5.41) is 15.3. The molecule has 6 nitrogen and oxygen atoms in total. The van der Waals surface area contributed by atoms with Crippen molar-refractivity contribution in [2.45, 2.75) is 26.6 Å². The molecule has 0 fully saturated rings. The zero-order chi connectivity index (χ0) is 24.5. The van der Waals surface area contributed by atoms with Crippen LogP contribution in [0.1, 0.15) is 39.5 Å². The largest absolute Gasteiger partial charge is 0.507 e. The molecule has 0 spiro atoms. The molecule has 0 bridgehead atoms. The lowest BCUT2D eigenvalue weighted by Crippen LogP contribution is -2.23. The molecule has 35 heavy (non-hydrogen) atoms. The summed E-state index contributed by atoms with van der Waals surface area (Å²) >= 11 is 0. The molecule has 1 heterocycles. The minimum atomic E-state index is -0.334. The van der Waals surface area contributed by atoms with E-state index in [9.17, 15) is 9.90 Å². The number of carbonyl (C=O) groups is 1. The Bertz CT molecular complexity index is 1230. The first-order valence-corrected chi connectivity index (χ1v) is 11.5. The number of aromatic nitrogens is 1. The summed E-state index contributed by atoms with van der Waals surface area (Å²) in [5.41, 5.74) is 7.32. The van der Waals surface area contributed by atoms with Gasteiger partial charge in [-0.1, -0.05) is 72.8 Å². The number of hydrazone groups is 1. The monoisotopic (exact) mass is 464 g/mol. The number of pyridine rings is 1. The first-order chi connectivity index (χ1) is 17.1. The minimum absolute atomic E-state index is 0.165. The predicted octanol–water partition coefficient (Wildman–Crippen LogP) is 5.14. The van der Waals surface area contributed by atoms with E-state index < -0.39 is 0 Å². The Morgan fingerprint density at radius 3 is 2.03 bits per heavy atom. The highest BCUT2D eigenvalue weighted by Crippen LogP contribution is 2.26. The number of phenolic OH excluding ortho intramolecular Hbond substituents is 1. The molecule has 2 N–H and O–H groups in total. The molecule has 0 radical (unpaired) electrons. The molecule has 4 rings (SSSR count). The predicted molar refractivity (Wildman–Crippen MR) is 138 cm³/mol. The summed E-state index contributed by atoms with van der Waals surface area (Å²) in [5.74, 6) is -0.169. The van der Waals surface area contributed by atoms with Gasteiger partial charge in [-0.05, 0) is 36.2 Å². The first-order valence-electron chi connectivity index (χ1n) is 11.5. The molecule has 0 aliphatic rings. The number of hydrogen-bond donors (Lipinski definition) is 2. The maximum Gasteiger partial charge on any atom is 0.271 e. The van der Waals surface area contributed by atoms with Crippen molar-refractivity contribution in [3.63, 3.8) is 0 Å². The van der Waals surface area contributed by atoms with Crippen molar-refractivity contribution >= 4 is 11.6 Å². The van der Waals surface area contributed by atoms with Crippen LogP contribution >= 0.6 is 0 Å². The van der Waals surface area contributed by atoms with E-state index in [4.69, 9.17) is 0 Å². The van der Waals surface area contributed by atoms with Crippen LogP contribution < -0.4 is 5.43 Å². The number of hydrogen-bond acceptors (Lipinski definition) is 5. The van der Waals surface area contributed by atoms with Crippen molar-refractivity contribution < 1.29 is 9.90 Å². The highest BCUT2D eigenvalue weighted by Gasteiger charge is 2.15. The van der Waals surface area contributed by atoms with Gasteiger partial charge in [0.25, 0.3) is 5.91 Å². The smallest absolute Gasteiger partial charge is 0.271 e. The SMILES string of the molecule is C/C(=N/NC(=O)c1ccncc1)c1cccc(CN(Cc2ccccc2)Cc2ccccc2)c1O. The van der Waals surface area contributed by atoms with Crippen LogP contribution in [0.2, 0.25) is 0 Å². The van der Waals surface area contributed by atoms with Gasteiger partial charge in [-0.25, -0.2) is 5.43 Å². The van der Waals surface area contributed by atoms with E-state index in [0.717, 1.165) is 18.7 Å². The third-order valence-corrected chi connectivity index (χ3v) is 5.67. The lowest BCUT2D eigenvalue weighted by atomic mass is 10.0. The molecule has 0 atom stereocenters. The quantitative estimate of drug-likeness (QED) is 0.265. The highest BCUT2D eigenvalue weighted by atomic mass is 16.3. The molecule has 0 aliphatic heterocycles. The molecule has 176 valence electrons. The standard InChI is InChI=1S/C29H28N4O2/c1-22(31-32-29(35)25-15-17-30-18-16-25)27-14-8-13-26(28(27)34)21-33(19-23-9-4-2-5-10-23)20-24-11-6-3-7-12-24/h2-18,34H,19-21H2,1H3,(H,32,35)/b31-22-. The molecular formula is C29H28N4O2. The summed E-state index contributed by atoms with van der Waals surface area (Å²) < 4.78 is 0. The van der Waals surface area contributed by atoms with Crippen LogP contribution in [0.25, 0.3) is 0 Å². The summed E-state index contributed by atoms with van der Waals surface area (Å²) in [7, 11) is 0. The third-order valence-electron chi connectivity index (χ3n) is 5.67. The van der Waals surface area contributed by atoms with E-state index in [-0.39, 0.29) is 11.7 Å². The van der Waals surface area contributed by atoms with Crippen LogP contribution in [0.15, 0.2) is 108 Å². The number of benzene rings is 3. The summed E-state index contributed by atoms with van der Waals surface area (Å²) in [6, 6.07) is 29.5. The van der Waals surface area contributed by atoms with Gasteiger partial charge >= 0.3 is 0 Å². The molecule has 1 aromatic heterocycles. The second kappa shape index (κ2) is 11.7. The number of nitrogens with one attached hydrogen (secondary N) is 1. The van der Waals surface area contributed by atoms with Gasteiger partial charge in [0.1, 0.15) is 5.75 Å². The molecule has 4 aromatic rings. The zero-order valence-electron chi connectivity index (χ0n) is 19.6. The number of aromatic hydroxyl groups is 1. The lowest BCUT2D eigenvalue weighted by Gasteiger charge is -2.24. The Morgan fingerprint density at radius 1 is 0.829 bits per heavy atom. The molecule has 1 amide bonds. The van der Waals surface area contributed by atoms with Crippen molar-refractivity contribution in [2.24, 2.45) is 5.10 Å². The number of amides is 1. The van der Waals surface area contributed by atoms with Crippen molar-refractivity contribution in [1.82, 2.24) is 15.3 Å². The minimum Gasteiger partial charge on any atom is -0.507 e. The van der Waals surface area contributed by atoms with Crippen LogP contribution in [-0.4, -0.2) is 26.6 Å². The van der Waals surface area contributed by atoms with Gasteiger partial charge in [0.2, 0.25) is 0 Å². The van der Waals surface area contributed by atoms with Crippen molar-refractivity contribution in [3.8, 4) is 5.75 Å². The number of rotatable bonds is 9. The normalized spacial score (nSPS) is 11.4. The van der Waals surface area contributed by atoms with Gasteiger partial charge in [0, 0.05) is 48.7 Å². The molecule has 0 saturated carbocycles. The van der Waals surface area contributed by atoms with Gasteiger partial charge in [0.15, 0.2) is 0 Å². The lowest BCUT2D eigenvalue weighted by molar-refractivity contribution is 0.0954. The van der Waals surface area contributed by atoms with Crippen LogP contribution in [0, 0.1) is 0 Å². The topological polar surface area (TPSA) is 77.8 Å². The van der Waals surface area contributed by atoms with E-state index in [1.54, 1.807) is 37.5 Å². The van der Waals surface area contributed by atoms with Gasteiger partial charge in [-0.2, -0.15) is 5.10 Å². The Labute approximate surface area is 205 Å². The Balaban J connectivity index is 1.53. The number of phenols is 1. The van der Waals surface area contributed by atoms with Gasteiger partial charge in [-0.15, -0.1) is 0 Å². The molecule has 0 aliphatic carbocycles. The molecule has 0 unspecified atom stereocenters. The van der Waals surface area contributed by atoms with Crippen molar-refractivity contribution in [2.75, 3.05) is 0 Å². The van der Waals surface area contributed by atoms with E-state index >= 15 is 0 Å². The molecule has 3 aromatic carbocycles. The highest BCUT2D eigenvalue weighted by molar-refractivity contribution is 6.02. The Kier molecular flexibility index (Phi) is 7.99. The Hall–Kier alpha value is -4.29. The summed E-state index contributed by atoms with van der Waals surface area (Å²) in [4.78, 5) is 18.5. The van der Waals surface area contributed by atoms with Crippen LogP contribution in [0.4, 0.5) is 0 Å². The first kappa shape index (κ1) is 23.9. The Morgan fingerprint density at radius 2 is 1.43 bits per heavy atom. The van der Waals surface area contributed by atoms with Gasteiger partial charge < -0.3 is 5.11 Å². The third kappa shape index (κ3) is 6.62. The van der Waals surface area contributed by atoms with E-state index in [2.05, 4.69) is 44.7 Å². The van der Waals surface area contributed by atoms with E-state index in [1.165, 1.54) is 11.1 Å². The van der Waals surface area contributed by atoms with Crippen molar-refractivity contribution in [1.29, 1.82) is 0 Å². The summed E-state index contributed by atoms with van der Waals surface area (Å²) in [6.07, 6.45) is 3.11. The number of para-hydroxylation sites is 1. The summed E-state index contributed by atoms with van der Waals surface area (Å²) in [6.45, 7) is 3.81. The van der Waals surface area contributed by atoms with Crippen LogP contribution in [0.3, 0.4) is 0 Å². The van der Waals surface area contributed by atoms with E-state index in [0.29, 0.717) is 23.4 Å². The second-order valence-corrected chi connectivity index (χ2v) is 8.30. The molecule has 6 heteroatoms. The average molecular weight is 465 g/mol. The fourth-order valence-electron chi connectivity index (χ4n) is 3.87. The number of nitrogens with zero attached hydrogens (tertiary/aromatic N) is 3. The fraction of sp³-hybridized carbons (Fsp3) is 0.138. The number of carbonyl (C=O) groups excluding carboxylic acids is 1. The van der Waals surface area contributed by atoms with Crippen molar-refractivity contribution in [3.05, 3.63) is 131 Å². The maximum absolute atomic E-state index is 12.3. The fourth-order valence-corrected chi connectivity index (χ4v) is 3.87. The van der Waals surface area contributed by atoms with E-state index in [1.807, 2.05) is 48.5 Å². The molecular weight excluding hydrogens is 436 g/mol. The second-order valence-electron chi connectivity index (χ2n) is 8.30. The maximum atomic E-state index is 12.3.